The zero-order valence-corrected chi connectivity index (χ0v) is 9.23. The molecule has 1 aromatic carbocycles. The van der Waals surface area contributed by atoms with Gasteiger partial charge in [-0.1, -0.05) is 0 Å². The van der Waals surface area contributed by atoms with Crippen LogP contribution in [0.15, 0.2) is 23.1 Å². The normalized spacial score (nSPS) is 12.8. The van der Waals surface area contributed by atoms with E-state index in [2.05, 4.69) is 4.74 Å². The van der Waals surface area contributed by atoms with Crippen molar-refractivity contribution in [2.75, 3.05) is 5.73 Å². The Morgan fingerprint density at radius 1 is 1.22 bits per heavy atom. The summed E-state index contributed by atoms with van der Waals surface area (Å²) in [7, 11) is -4.91. The van der Waals surface area contributed by atoms with Crippen LogP contribution in [0.5, 0.6) is 5.75 Å². The van der Waals surface area contributed by atoms with Gasteiger partial charge in [-0.15, -0.1) is 13.2 Å². The smallest absolute Gasteiger partial charge is 0.404 e. The molecule has 1 rings (SSSR count). The zero-order valence-electron chi connectivity index (χ0n) is 8.41. The van der Waals surface area contributed by atoms with E-state index in [0.717, 1.165) is 0 Å². The molecule has 0 saturated carbocycles. The minimum atomic E-state index is -5.02. The lowest BCUT2D eigenvalue weighted by Crippen LogP contribution is -2.18. The monoisotopic (exact) mass is 291 g/mol. The Labute approximate surface area is 98.1 Å². The Balaban J connectivity index is 3.15. The van der Waals surface area contributed by atoms with Crippen LogP contribution in [0.2, 0.25) is 0 Å². The number of nitrogens with two attached hydrogens (primary N) is 1. The van der Waals surface area contributed by atoms with Crippen LogP contribution < -0.4 is 10.5 Å². The van der Waals surface area contributed by atoms with Crippen LogP contribution in [0.4, 0.5) is 27.6 Å². The maximum Gasteiger partial charge on any atom is 0.573 e. The van der Waals surface area contributed by atoms with Gasteiger partial charge in [-0.05, 0) is 18.2 Å². The zero-order chi connectivity index (χ0) is 14.1. The van der Waals surface area contributed by atoms with Crippen molar-refractivity contribution >= 4 is 15.5 Å². The van der Waals surface area contributed by atoms with Gasteiger partial charge < -0.3 is 10.5 Å². The molecular weight excluding hydrogens is 285 g/mol. The minimum absolute atomic E-state index is 0.475. The topological polar surface area (TPSA) is 69.4 Å². The summed E-state index contributed by atoms with van der Waals surface area (Å²) >= 11 is 0. The molecule has 0 aliphatic carbocycles. The molecule has 0 fully saturated rings. The summed E-state index contributed by atoms with van der Waals surface area (Å²) in [6.45, 7) is 0. The SMILES string of the molecule is Nc1cc(S(=O)(=O)C(F)F)ccc1OC(F)(F)F. The van der Waals surface area contributed by atoms with Crippen LogP contribution in [0.1, 0.15) is 0 Å². The molecule has 0 aliphatic heterocycles. The molecule has 0 amide bonds. The van der Waals surface area contributed by atoms with E-state index in [0.29, 0.717) is 18.2 Å². The fourth-order valence-electron chi connectivity index (χ4n) is 1.02. The molecule has 0 bridgehead atoms. The van der Waals surface area contributed by atoms with E-state index in [1.54, 1.807) is 0 Å². The lowest BCUT2D eigenvalue weighted by molar-refractivity contribution is -0.274. The van der Waals surface area contributed by atoms with Gasteiger partial charge in [0.05, 0.1) is 10.6 Å². The highest BCUT2D eigenvalue weighted by Gasteiger charge is 2.33. The number of sulfone groups is 1. The number of anilines is 1. The van der Waals surface area contributed by atoms with Gasteiger partial charge in [0.15, 0.2) is 5.75 Å². The second kappa shape index (κ2) is 4.59. The van der Waals surface area contributed by atoms with Gasteiger partial charge in [0.2, 0.25) is 9.84 Å². The molecule has 0 unspecified atom stereocenters. The first-order valence-electron chi connectivity index (χ1n) is 4.21. The molecule has 0 spiro atoms. The number of hydrogen-bond donors (Lipinski definition) is 1. The minimum Gasteiger partial charge on any atom is -0.404 e. The molecule has 10 heteroatoms. The lowest BCUT2D eigenvalue weighted by Gasteiger charge is -2.12. The second-order valence-electron chi connectivity index (χ2n) is 3.05. The molecule has 102 valence electrons. The fourth-order valence-corrected chi connectivity index (χ4v) is 1.78. The molecule has 4 nitrogen and oxygen atoms in total. The number of alkyl halides is 5. The number of hydrogen-bond acceptors (Lipinski definition) is 4. The van der Waals surface area contributed by atoms with E-state index < -0.39 is 38.3 Å². The third-order valence-corrected chi connectivity index (χ3v) is 3.15. The van der Waals surface area contributed by atoms with E-state index in [4.69, 9.17) is 5.73 Å². The van der Waals surface area contributed by atoms with Gasteiger partial charge in [-0.3, -0.25) is 0 Å². The Morgan fingerprint density at radius 3 is 2.17 bits per heavy atom. The summed E-state index contributed by atoms with van der Waals surface area (Å²) in [5.74, 6) is -4.55. The van der Waals surface area contributed by atoms with Gasteiger partial charge in [0, 0.05) is 0 Å². The van der Waals surface area contributed by atoms with Gasteiger partial charge in [-0.25, -0.2) is 8.42 Å². The maximum absolute atomic E-state index is 12.2. The van der Waals surface area contributed by atoms with E-state index >= 15 is 0 Å². The summed E-state index contributed by atoms with van der Waals surface area (Å²) in [4.78, 5) is -0.885. The summed E-state index contributed by atoms with van der Waals surface area (Å²) in [6, 6.07) is 1.58. The predicted molar refractivity (Wildman–Crippen MR) is 50.7 cm³/mol. The highest BCUT2D eigenvalue weighted by molar-refractivity contribution is 7.91. The first kappa shape index (κ1) is 14.5. The quantitative estimate of drug-likeness (QED) is 0.684. The van der Waals surface area contributed by atoms with Crippen molar-refractivity contribution in [3.8, 4) is 5.75 Å². The van der Waals surface area contributed by atoms with Crippen molar-refractivity contribution in [2.24, 2.45) is 0 Å². The van der Waals surface area contributed by atoms with Gasteiger partial charge in [0.25, 0.3) is 0 Å². The molecule has 0 aliphatic rings. The van der Waals surface area contributed by atoms with Crippen LogP contribution in [0.3, 0.4) is 0 Å². The predicted octanol–water partition coefficient (Wildman–Crippen LogP) is 2.16. The standard InChI is InChI=1S/C8H6F5NO3S/c9-7(10)18(15,16)4-1-2-6(5(14)3-4)17-8(11,12)13/h1-3,7H,14H2. The molecule has 0 heterocycles. The van der Waals surface area contributed by atoms with Crippen molar-refractivity contribution in [3.05, 3.63) is 18.2 Å². The second-order valence-corrected chi connectivity index (χ2v) is 4.97. The largest absolute Gasteiger partial charge is 0.573 e. The van der Waals surface area contributed by atoms with Gasteiger partial charge in [0.1, 0.15) is 0 Å². The van der Waals surface area contributed by atoms with Crippen LogP contribution in [0, 0.1) is 0 Å². The molecule has 18 heavy (non-hydrogen) atoms. The summed E-state index contributed by atoms with van der Waals surface area (Å²) < 4.78 is 85.4. The van der Waals surface area contributed by atoms with E-state index in [1.165, 1.54) is 0 Å². The van der Waals surface area contributed by atoms with Crippen molar-refractivity contribution in [3.63, 3.8) is 0 Å². The van der Waals surface area contributed by atoms with E-state index in [9.17, 15) is 30.4 Å². The van der Waals surface area contributed by atoms with Crippen LogP contribution in [-0.2, 0) is 9.84 Å². The molecule has 1 aromatic rings. The summed E-state index contributed by atoms with van der Waals surface area (Å²) in [6.07, 6.45) is -5.02. The lowest BCUT2D eigenvalue weighted by atomic mass is 10.3. The molecular formula is C8H6F5NO3S. The number of ether oxygens (including phenoxy) is 1. The van der Waals surface area contributed by atoms with Crippen LogP contribution >= 0.6 is 0 Å². The maximum atomic E-state index is 12.2. The first-order chi connectivity index (χ1) is 8.04. The highest BCUT2D eigenvalue weighted by Crippen LogP contribution is 2.31. The van der Waals surface area contributed by atoms with E-state index in [-0.39, 0.29) is 0 Å². The number of rotatable bonds is 3. The Bertz CT molecular complexity index is 540. The third-order valence-electron chi connectivity index (χ3n) is 1.77. The fraction of sp³-hybridized carbons (Fsp3) is 0.250. The summed E-state index contributed by atoms with van der Waals surface area (Å²) in [5.41, 5.74) is 4.38. The first-order valence-corrected chi connectivity index (χ1v) is 5.76. The third kappa shape index (κ3) is 3.22. The van der Waals surface area contributed by atoms with Crippen molar-refractivity contribution in [1.29, 1.82) is 0 Å². The molecule has 0 saturated heterocycles. The van der Waals surface area contributed by atoms with Gasteiger partial charge in [-0.2, -0.15) is 8.78 Å². The van der Waals surface area contributed by atoms with E-state index in [1.807, 2.05) is 0 Å². The highest BCUT2D eigenvalue weighted by atomic mass is 32.2. The number of nitrogen functional groups attached to an aromatic ring is 1. The summed E-state index contributed by atoms with van der Waals surface area (Å²) in [5, 5.41) is 0. The number of benzene rings is 1. The Kier molecular flexibility index (Phi) is 3.70. The van der Waals surface area contributed by atoms with Crippen LogP contribution in [-0.4, -0.2) is 20.5 Å². The Hall–Kier alpha value is -1.58. The molecule has 2 N–H and O–H groups in total. The van der Waals surface area contributed by atoms with Crippen molar-refractivity contribution in [2.45, 2.75) is 17.0 Å². The van der Waals surface area contributed by atoms with Crippen molar-refractivity contribution in [1.82, 2.24) is 0 Å². The molecule has 0 atom stereocenters. The number of halogens is 5. The average Bonchev–Trinajstić information content (AvgIpc) is 2.18. The molecule has 0 aromatic heterocycles. The average molecular weight is 291 g/mol. The van der Waals surface area contributed by atoms with Gasteiger partial charge >= 0.3 is 12.1 Å². The Morgan fingerprint density at radius 2 is 1.78 bits per heavy atom. The molecule has 0 radical (unpaired) electrons. The van der Waals surface area contributed by atoms with Crippen molar-refractivity contribution < 1.29 is 35.1 Å². The van der Waals surface area contributed by atoms with Crippen LogP contribution in [0.25, 0.3) is 0 Å².